The van der Waals surface area contributed by atoms with Crippen molar-refractivity contribution >= 4 is 38.9 Å². The number of hydrogen-bond donors (Lipinski definition) is 2. The standard InChI is InChI=1S/C17H20ClN3O3S/c1-12-7-8-14(10-16(12)18)20-17(22)11-19-13-5-4-6-15(9-13)25(23,24)21(2)3/h4-10,19H,11H2,1-3H3,(H,20,22). The van der Waals surface area contributed by atoms with Crippen LogP contribution < -0.4 is 10.6 Å². The Morgan fingerprint density at radius 2 is 1.84 bits per heavy atom. The van der Waals surface area contributed by atoms with Crippen LogP contribution in [0.2, 0.25) is 5.02 Å². The molecule has 134 valence electrons. The number of carbonyl (C=O) groups is 1. The molecule has 2 N–H and O–H groups in total. The first kappa shape index (κ1) is 19.2. The van der Waals surface area contributed by atoms with E-state index in [1.54, 1.807) is 24.3 Å². The number of rotatable bonds is 6. The van der Waals surface area contributed by atoms with Crippen molar-refractivity contribution in [2.45, 2.75) is 11.8 Å². The molecule has 0 heterocycles. The van der Waals surface area contributed by atoms with Crippen LogP contribution in [0.5, 0.6) is 0 Å². The number of benzene rings is 2. The van der Waals surface area contributed by atoms with Crippen molar-refractivity contribution in [2.24, 2.45) is 0 Å². The zero-order valence-electron chi connectivity index (χ0n) is 14.2. The first-order valence-electron chi connectivity index (χ1n) is 7.52. The summed E-state index contributed by atoms with van der Waals surface area (Å²) < 4.78 is 25.4. The second-order valence-corrected chi connectivity index (χ2v) is 8.24. The molecule has 0 unspecified atom stereocenters. The number of nitrogens with zero attached hydrogens (tertiary/aromatic N) is 1. The first-order valence-corrected chi connectivity index (χ1v) is 9.34. The van der Waals surface area contributed by atoms with Crippen LogP contribution in [-0.4, -0.2) is 39.3 Å². The second-order valence-electron chi connectivity index (χ2n) is 5.68. The molecule has 1 amide bonds. The molecule has 0 atom stereocenters. The minimum absolute atomic E-state index is 0.00302. The molecule has 0 saturated carbocycles. The van der Waals surface area contributed by atoms with Gasteiger partial charge >= 0.3 is 0 Å². The van der Waals surface area contributed by atoms with Crippen LogP contribution in [0.15, 0.2) is 47.4 Å². The van der Waals surface area contributed by atoms with E-state index in [0.717, 1.165) is 9.87 Å². The summed E-state index contributed by atoms with van der Waals surface area (Å²) in [6.45, 7) is 1.88. The van der Waals surface area contributed by atoms with Crippen molar-refractivity contribution in [3.8, 4) is 0 Å². The molecule has 0 saturated heterocycles. The third-order valence-electron chi connectivity index (χ3n) is 3.52. The van der Waals surface area contributed by atoms with E-state index in [4.69, 9.17) is 11.6 Å². The molecule has 25 heavy (non-hydrogen) atoms. The molecular weight excluding hydrogens is 362 g/mol. The summed E-state index contributed by atoms with van der Waals surface area (Å²) in [6.07, 6.45) is 0. The van der Waals surface area contributed by atoms with E-state index >= 15 is 0 Å². The smallest absolute Gasteiger partial charge is 0.243 e. The lowest BCUT2D eigenvalue weighted by molar-refractivity contribution is -0.114. The molecule has 0 bridgehead atoms. The Morgan fingerprint density at radius 3 is 2.48 bits per heavy atom. The van der Waals surface area contributed by atoms with Crippen LogP contribution in [0.3, 0.4) is 0 Å². The largest absolute Gasteiger partial charge is 0.376 e. The maximum absolute atomic E-state index is 12.1. The molecule has 0 aliphatic heterocycles. The Labute approximate surface area is 152 Å². The van der Waals surface area contributed by atoms with Gasteiger partial charge in [-0.05, 0) is 42.8 Å². The van der Waals surface area contributed by atoms with Gasteiger partial charge in [-0.25, -0.2) is 12.7 Å². The quantitative estimate of drug-likeness (QED) is 0.806. The van der Waals surface area contributed by atoms with Gasteiger partial charge in [0.25, 0.3) is 0 Å². The van der Waals surface area contributed by atoms with Gasteiger partial charge < -0.3 is 10.6 Å². The molecule has 2 aromatic carbocycles. The molecule has 0 radical (unpaired) electrons. The van der Waals surface area contributed by atoms with Crippen LogP contribution in [0.1, 0.15) is 5.56 Å². The van der Waals surface area contributed by atoms with Crippen LogP contribution in [0.25, 0.3) is 0 Å². The topological polar surface area (TPSA) is 78.5 Å². The van der Waals surface area contributed by atoms with E-state index in [2.05, 4.69) is 10.6 Å². The molecular formula is C17H20ClN3O3S. The van der Waals surface area contributed by atoms with Crippen molar-refractivity contribution in [1.82, 2.24) is 4.31 Å². The van der Waals surface area contributed by atoms with E-state index in [1.807, 2.05) is 13.0 Å². The van der Waals surface area contributed by atoms with Gasteiger partial charge in [0.15, 0.2) is 0 Å². The summed E-state index contributed by atoms with van der Waals surface area (Å²) in [6, 6.07) is 11.6. The average molecular weight is 382 g/mol. The van der Waals surface area contributed by atoms with E-state index in [9.17, 15) is 13.2 Å². The minimum atomic E-state index is -3.52. The monoisotopic (exact) mass is 381 g/mol. The van der Waals surface area contributed by atoms with Crippen LogP contribution >= 0.6 is 11.6 Å². The van der Waals surface area contributed by atoms with Crippen molar-refractivity contribution in [1.29, 1.82) is 0 Å². The number of hydrogen-bond acceptors (Lipinski definition) is 4. The molecule has 0 spiro atoms. The van der Waals surface area contributed by atoms with Gasteiger partial charge in [-0.2, -0.15) is 0 Å². The number of sulfonamides is 1. The normalized spacial score (nSPS) is 11.4. The van der Waals surface area contributed by atoms with Crippen molar-refractivity contribution in [3.05, 3.63) is 53.1 Å². The molecule has 0 fully saturated rings. The summed E-state index contributed by atoms with van der Waals surface area (Å²) in [5, 5.41) is 6.22. The summed E-state index contributed by atoms with van der Waals surface area (Å²) in [5.74, 6) is -0.263. The van der Waals surface area contributed by atoms with E-state index < -0.39 is 10.0 Å². The molecule has 2 rings (SSSR count). The maximum atomic E-state index is 12.1. The van der Waals surface area contributed by atoms with Gasteiger partial charge in [-0.15, -0.1) is 0 Å². The predicted octanol–water partition coefficient (Wildman–Crippen LogP) is 2.95. The lowest BCUT2D eigenvalue weighted by Crippen LogP contribution is -2.23. The number of aryl methyl sites for hydroxylation is 1. The highest BCUT2D eigenvalue weighted by atomic mass is 35.5. The molecule has 0 aliphatic carbocycles. The summed E-state index contributed by atoms with van der Waals surface area (Å²) in [4.78, 5) is 12.2. The van der Waals surface area contributed by atoms with E-state index in [-0.39, 0.29) is 17.3 Å². The molecule has 0 aliphatic rings. The average Bonchev–Trinajstić information content (AvgIpc) is 2.56. The summed E-state index contributed by atoms with van der Waals surface area (Å²) in [5.41, 5.74) is 2.07. The number of amides is 1. The number of carbonyl (C=O) groups excluding carboxylic acids is 1. The predicted molar refractivity (Wildman–Crippen MR) is 101 cm³/mol. The van der Waals surface area contributed by atoms with Crippen LogP contribution in [0.4, 0.5) is 11.4 Å². The summed E-state index contributed by atoms with van der Waals surface area (Å²) in [7, 11) is -0.582. The third kappa shape index (κ3) is 4.94. The fourth-order valence-electron chi connectivity index (χ4n) is 2.04. The lowest BCUT2D eigenvalue weighted by Gasteiger charge is -2.13. The van der Waals surface area contributed by atoms with Gasteiger partial charge in [0, 0.05) is 30.5 Å². The maximum Gasteiger partial charge on any atom is 0.243 e. The lowest BCUT2D eigenvalue weighted by atomic mass is 10.2. The Balaban J connectivity index is 2.01. The van der Waals surface area contributed by atoms with Crippen molar-refractivity contribution in [2.75, 3.05) is 31.3 Å². The fraction of sp³-hybridized carbons (Fsp3) is 0.235. The molecule has 6 nitrogen and oxygen atoms in total. The number of halogens is 1. The minimum Gasteiger partial charge on any atom is -0.376 e. The van der Waals surface area contributed by atoms with Crippen LogP contribution in [0, 0.1) is 6.92 Å². The molecule has 0 aromatic heterocycles. The van der Waals surface area contributed by atoms with Gasteiger partial charge in [-0.1, -0.05) is 23.7 Å². The van der Waals surface area contributed by atoms with Crippen molar-refractivity contribution < 1.29 is 13.2 Å². The zero-order chi connectivity index (χ0) is 18.6. The van der Waals surface area contributed by atoms with Crippen molar-refractivity contribution in [3.63, 3.8) is 0 Å². The van der Waals surface area contributed by atoms with Gasteiger partial charge in [-0.3, -0.25) is 4.79 Å². The zero-order valence-corrected chi connectivity index (χ0v) is 15.8. The summed E-state index contributed by atoms with van der Waals surface area (Å²) >= 11 is 6.03. The number of nitrogens with one attached hydrogen (secondary N) is 2. The highest BCUT2D eigenvalue weighted by molar-refractivity contribution is 7.89. The Kier molecular flexibility index (Phi) is 6.05. The van der Waals surface area contributed by atoms with Gasteiger partial charge in [0.2, 0.25) is 15.9 Å². The second kappa shape index (κ2) is 7.86. The Hall–Kier alpha value is -2.09. The Morgan fingerprint density at radius 1 is 1.12 bits per heavy atom. The Bertz CT molecular complexity index is 882. The molecule has 8 heteroatoms. The highest BCUT2D eigenvalue weighted by Crippen LogP contribution is 2.20. The van der Waals surface area contributed by atoms with E-state index in [0.29, 0.717) is 16.4 Å². The SMILES string of the molecule is Cc1ccc(NC(=O)CNc2cccc(S(=O)(=O)N(C)C)c2)cc1Cl. The fourth-order valence-corrected chi connectivity index (χ4v) is 3.16. The van der Waals surface area contributed by atoms with Gasteiger partial charge in [0.1, 0.15) is 0 Å². The number of anilines is 2. The first-order chi connectivity index (χ1) is 11.7. The van der Waals surface area contributed by atoms with E-state index in [1.165, 1.54) is 26.2 Å². The third-order valence-corrected chi connectivity index (χ3v) is 5.74. The highest BCUT2D eigenvalue weighted by Gasteiger charge is 2.17. The van der Waals surface area contributed by atoms with Gasteiger partial charge in [0.05, 0.1) is 11.4 Å². The van der Waals surface area contributed by atoms with Crippen LogP contribution in [-0.2, 0) is 14.8 Å². The molecule has 2 aromatic rings.